The molecular weight excluding hydrogens is 371 g/mol. The zero-order valence-electron chi connectivity index (χ0n) is 16.5. The van der Waals surface area contributed by atoms with E-state index in [4.69, 9.17) is 9.47 Å². The Kier molecular flexibility index (Phi) is 6.30. The topological polar surface area (TPSA) is 50.8 Å². The molecule has 0 aromatic heterocycles. The second kappa shape index (κ2) is 9.27. The molecule has 154 valence electrons. The van der Waals surface area contributed by atoms with Crippen molar-refractivity contribution < 1.29 is 18.7 Å². The predicted octanol–water partition coefficient (Wildman–Crippen LogP) is 3.86. The molecule has 2 aromatic rings. The van der Waals surface area contributed by atoms with Crippen LogP contribution in [0.15, 0.2) is 42.5 Å². The van der Waals surface area contributed by atoms with E-state index in [1.165, 1.54) is 6.07 Å². The summed E-state index contributed by atoms with van der Waals surface area (Å²) in [5.41, 5.74) is 1.68. The number of hydrogen-bond acceptors (Lipinski definition) is 4. The normalized spacial score (nSPS) is 18.6. The first-order chi connectivity index (χ1) is 14.2. The molecule has 29 heavy (non-hydrogen) atoms. The monoisotopic (exact) mass is 398 g/mol. The van der Waals surface area contributed by atoms with E-state index in [0.29, 0.717) is 17.9 Å². The molecule has 2 aliphatic heterocycles. The van der Waals surface area contributed by atoms with E-state index in [2.05, 4.69) is 16.3 Å². The number of halogens is 1. The molecule has 4 rings (SSSR count). The molecule has 0 radical (unpaired) electrons. The van der Waals surface area contributed by atoms with Crippen LogP contribution in [0.4, 0.5) is 4.39 Å². The van der Waals surface area contributed by atoms with Gasteiger partial charge in [0.25, 0.3) is 0 Å². The molecule has 1 amide bonds. The van der Waals surface area contributed by atoms with Crippen molar-refractivity contribution in [2.45, 2.75) is 38.8 Å². The summed E-state index contributed by atoms with van der Waals surface area (Å²) in [5, 5.41) is 2.84. The van der Waals surface area contributed by atoms with Crippen LogP contribution in [-0.2, 0) is 17.9 Å². The number of hydrogen-bond donors (Lipinski definition) is 1. The number of nitrogens with one attached hydrogen (secondary N) is 1. The Morgan fingerprint density at radius 3 is 2.90 bits per heavy atom. The van der Waals surface area contributed by atoms with Gasteiger partial charge in [0.15, 0.2) is 11.5 Å². The Hall–Kier alpha value is -2.60. The van der Waals surface area contributed by atoms with Crippen LogP contribution in [0, 0.1) is 11.7 Å². The van der Waals surface area contributed by atoms with Crippen LogP contribution in [0.1, 0.15) is 36.8 Å². The number of nitrogens with zero attached hydrogens (tertiary/aromatic N) is 1. The Bertz CT molecular complexity index is 858. The summed E-state index contributed by atoms with van der Waals surface area (Å²) in [6.45, 7) is 3.40. The highest BCUT2D eigenvalue weighted by atomic mass is 19.1. The standard InChI is InChI=1S/C23H27FN2O3/c24-20-8-2-1-6-18(20)13-25-22(27)11-10-17-5-4-12-26(14-17)15-19-7-3-9-21-23(19)29-16-28-21/h1-3,6-9,17H,4-5,10-16H2,(H,25,27). The van der Waals surface area contributed by atoms with Crippen LogP contribution in [0.3, 0.4) is 0 Å². The number of piperidine rings is 1. The number of benzene rings is 2. The van der Waals surface area contributed by atoms with Crippen LogP contribution in [0.2, 0.25) is 0 Å². The fourth-order valence-corrected chi connectivity index (χ4v) is 4.15. The highest BCUT2D eigenvalue weighted by Crippen LogP contribution is 2.36. The third-order valence-corrected chi connectivity index (χ3v) is 5.69. The van der Waals surface area contributed by atoms with E-state index in [-0.39, 0.29) is 25.1 Å². The van der Waals surface area contributed by atoms with Crippen molar-refractivity contribution in [2.75, 3.05) is 19.9 Å². The Labute approximate surface area is 170 Å². The Balaban J connectivity index is 1.23. The first-order valence-corrected chi connectivity index (χ1v) is 10.3. The lowest BCUT2D eigenvalue weighted by Gasteiger charge is -2.32. The maximum absolute atomic E-state index is 13.6. The fraction of sp³-hybridized carbons (Fsp3) is 0.435. The molecule has 1 N–H and O–H groups in total. The first-order valence-electron chi connectivity index (χ1n) is 10.3. The van der Waals surface area contributed by atoms with Gasteiger partial charge < -0.3 is 14.8 Å². The Morgan fingerprint density at radius 1 is 1.14 bits per heavy atom. The van der Waals surface area contributed by atoms with Crippen molar-refractivity contribution in [3.63, 3.8) is 0 Å². The van der Waals surface area contributed by atoms with Gasteiger partial charge in [0.05, 0.1) is 0 Å². The molecular formula is C23H27FN2O3. The summed E-state index contributed by atoms with van der Waals surface area (Å²) in [5.74, 6) is 1.89. The summed E-state index contributed by atoms with van der Waals surface area (Å²) in [7, 11) is 0. The van der Waals surface area contributed by atoms with Gasteiger partial charge in [-0.25, -0.2) is 4.39 Å². The first kappa shape index (κ1) is 19.7. The second-order valence-electron chi connectivity index (χ2n) is 7.80. The van der Waals surface area contributed by atoms with Gasteiger partial charge in [-0.2, -0.15) is 0 Å². The van der Waals surface area contributed by atoms with Crippen LogP contribution in [0.5, 0.6) is 11.5 Å². The lowest BCUT2D eigenvalue weighted by atomic mass is 9.93. The molecule has 2 aromatic carbocycles. The van der Waals surface area contributed by atoms with Gasteiger partial charge in [-0.15, -0.1) is 0 Å². The molecule has 1 unspecified atom stereocenters. The minimum atomic E-state index is -0.280. The number of rotatable bonds is 7. The summed E-state index contributed by atoms with van der Waals surface area (Å²) in [6, 6.07) is 12.6. The molecule has 0 saturated carbocycles. The average Bonchev–Trinajstić information content (AvgIpc) is 3.22. The minimum absolute atomic E-state index is 0.0168. The number of carbonyl (C=O) groups is 1. The smallest absolute Gasteiger partial charge is 0.231 e. The van der Waals surface area contributed by atoms with E-state index in [9.17, 15) is 9.18 Å². The summed E-state index contributed by atoms with van der Waals surface area (Å²) in [4.78, 5) is 14.6. The largest absolute Gasteiger partial charge is 0.454 e. The van der Waals surface area contributed by atoms with Crippen molar-refractivity contribution in [2.24, 2.45) is 5.92 Å². The zero-order chi connectivity index (χ0) is 20.1. The van der Waals surface area contributed by atoms with Gasteiger partial charge >= 0.3 is 0 Å². The quantitative estimate of drug-likeness (QED) is 0.769. The van der Waals surface area contributed by atoms with E-state index < -0.39 is 0 Å². The lowest BCUT2D eigenvalue weighted by molar-refractivity contribution is -0.121. The number of ether oxygens (including phenoxy) is 2. The van der Waals surface area contributed by atoms with Gasteiger partial charge in [0.1, 0.15) is 5.82 Å². The molecule has 2 aliphatic rings. The molecule has 6 heteroatoms. The fourth-order valence-electron chi connectivity index (χ4n) is 4.15. The van der Waals surface area contributed by atoms with Gasteiger partial charge in [0.2, 0.25) is 12.7 Å². The summed E-state index contributed by atoms with van der Waals surface area (Å²) in [6.07, 6.45) is 3.61. The van der Waals surface area contributed by atoms with Crippen LogP contribution < -0.4 is 14.8 Å². The van der Waals surface area contributed by atoms with Gasteiger partial charge in [-0.3, -0.25) is 9.69 Å². The predicted molar refractivity (Wildman–Crippen MR) is 108 cm³/mol. The molecule has 2 heterocycles. The number of para-hydroxylation sites is 1. The number of carbonyl (C=O) groups excluding carboxylic acids is 1. The minimum Gasteiger partial charge on any atom is -0.454 e. The SMILES string of the molecule is O=C(CCC1CCCN(Cc2cccc3c2OCO3)C1)NCc1ccccc1F. The van der Waals surface area contributed by atoms with Crippen molar-refractivity contribution in [3.8, 4) is 11.5 Å². The van der Waals surface area contributed by atoms with E-state index in [1.807, 2.05) is 12.1 Å². The van der Waals surface area contributed by atoms with Crippen molar-refractivity contribution in [1.29, 1.82) is 0 Å². The van der Waals surface area contributed by atoms with Crippen molar-refractivity contribution in [3.05, 3.63) is 59.4 Å². The third kappa shape index (κ3) is 5.07. The number of likely N-dealkylation sites (tertiary alicyclic amines) is 1. The zero-order valence-corrected chi connectivity index (χ0v) is 16.5. The van der Waals surface area contributed by atoms with Crippen LogP contribution >= 0.6 is 0 Å². The molecule has 1 saturated heterocycles. The average molecular weight is 398 g/mol. The van der Waals surface area contributed by atoms with Gasteiger partial charge in [0, 0.05) is 37.2 Å². The molecule has 1 atom stereocenters. The highest BCUT2D eigenvalue weighted by molar-refractivity contribution is 5.75. The summed E-state index contributed by atoms with van der Waals surface area (Å²) >= 11 is 0. The van der Waals surface area contributed by atoms with Crippen molar-refractivity contribution >= 4 is 5.91 Å². The molecule has 0 spiro atoms. The third-order valence-electron chi connectivity index (χ3n) is 5.69. The van der Waals surface area contributed by atoms with Crippen LogP contribution in [0.25, 0.3) is 0 Å². The molecule has 0 bridgehead atoms. The number of amides is 1. The maximum Gasteiger partial charge on any atom is 0.231 e. The second-order valence-corrected chi connectivity index (χ2v) is 7.80. The molecule has 0 aliphatic carbocycles. The lowest BCUT2D eigenvalue weighted by Crippen LogP contribution is -2.35. The number of fused-ring (bicyclic) bond motifs is 1. The van der Waals surface area contributed by atoms with Crippen LogP contribution in [-0.4, -0.2) is 30.7 Å². The Morgan fingerprint density at radius 2 is 2.00 bits per heavy atom. The van der Waals surface area contributed by atoms with Crippen molar-refractivity contribution in [1.82, 2.24) is 10.2 Å². The highest BCUT2D eigenvalue weighted by Gasteiger charge is 2.24. The van der Waals surface area contributed by atoms with E-state index in [1.54, 1.807) is 18.2 Å². The van der Waals surface area contributed by atoms with Gasteiger partial charge in [-0.05, 0) is 43.9 Å². The maximum atomic E-state index is 13.6. The summed E-state index contributed by atoms with van der Waals surface area (Å²) < 4.78 is 24.7. The van der Waals surface area contributed by atoms with E-state index >= 15 is 0 Å². The van der Waals surface area contributed by atoms with E-state index in [0.717, 1.165) is 56.0 Å². The van der Waals surface area contributed by atoms with Gasteiger partial charge in [-0.1, -0.05) is 30.3 Å². The molecule has 1 fully saturated rings. The molecule has 5 nitrogen and oxygen atoms in total.